The van der Waals surface area contributed by atoms with Gasteiger partial charge < -0.3 is 5.32 Å². The number of anilines is 1. The van der Waals surface area contributed by atoms with Crippen molar-refractivity contribution >= 4 is 29.0 Å². The van der Waals surface area contributed by atoms with Gasteiger partial charge in [-0.3, -0.25) is 9.59 Å². The van der Waals surface area contributed by atoms with Gasteiger partial charge >= 0.3 is 0 Å². The van der Waals surface area contributed by atoms with Crippen LogP contribution in [0.3, 0.4) is 0 Å². The first-order chi connectivity index (χ1) is 12.9. The van der Waals surface area contributed by atoms with Crippen LogP contribution in [0.25, 0.3) is 11.4 Å². The van der Waals surface area contributed by atoms with Gasteiger partial charge in [0.25, 0.3) is 0 Å². The largest absolute Gasteiger partial charge is 0.326 e. The Labute approximate surface area is 161 Å². The van der Waals surface area contributed by atoms with Crippen molar-refractivity contribution in [3.05, 3.63) is 59.1 Å². The summed E-state index contributed by atoms with van der Waals surface area (Å²) in [5.74, 6) is 0.0816. The summed E-state index contributed by atoms with van der Waals surface area (Å²) in [5, 5.41) is 15.5. The van der Waals surface area contributed by atoms with E-state index in [9.17, 15) is 9.59 Å². The minimum Gasteiger partial charge on any atom is -0.326 e. The fraction of sp³-hybridized carbons (Fsp3) is 0.211. The average molecular weight is 384 g/mol. The quantitative estimate of drug-likeness (QED) is 0.658. The highest BCUT2D eigenvalue weighted by Gasteiger charge is 2.12. The molecule has 0 bridgehead atoms. The molecule has 3 aromatic rings. The van der Waals surface area contributed by atoms with E-state index in [1.807, 2.05) is 13.8 Å². The molecule has 0 aliphatic carbocycles. The first-order valence-corrected chi connectivity index (χ1v) is 8.78. The van der Waals surface area contributed by atoms with Crippen molar-refractivity contribution in [2.24, 2.45) is 5.92 Å². The first-order valence-electron chi connectivity index (χ1n) is 8.40. The van der Waals surface area contributed by atoms with Crippen molar-refractivity contribution in [3.63, 3.8) is 0 Å². The van der Waals surface area contributed by atoms with E-state index >= 15 is 0 Å². The lowest BCUT2D eigenvalue weighted by Gasteiger charge is -2.08. The molecule has 1 N–H and O–H groups in total. The number of ketones is 1. The number of amides is 1. The summed E-state index contributed by atoms with van der Waals surface area (Å²) in [6.45, 7) is 3.60. The van der Waals surface area contributed by atoms with Gasteiger partial charge in [0.2, 0.25) is 11.7 Å². The Morgan fingerprint density at radius 3 is 2.37 bits per heavy atom. The zero-order valence-electron chi connectivity index (χ0n) is 14.9. The van der Waals surface area contributed by atoms with Gasteiger partial charge in [-0.05, 0) is 53.7 Å². The summed E-state index contributed by atoms with van der Waals surface area (Å²) >= 11 is 5.87. The van der Waals surface area contributed by atoms with Gasteiger partial charge in [0, 0.05) is 27.8 Å². The number of tetrazole rings is 1. The Kier molecular flexibility index (Phi) is 5.61. The molecule has 0 radical (unpaired) electrons. The number of Topliss-reactive ketones (excluding diaryl/α,β-unsaturated/α-hetero) is 1. The number of nitrogens with zero attached hydrogens (tertiary/aromatic N) is 4. The third-order valence-corrected chi connectivity index (χ3v) is 4.09. The molecule has 2 aromatic carbocycles. The summed E-state index contributed by atoms with van der Waals surface area (Å²) in [4.78, 5) is 25.4. The van der Waals surface area contributed by atoms with Crippen LogP contribution in [0.4, 0.5) is 5.69 Å². The first kappa shape index (κ1) is 18.7. The Balaban J connectivity index is 1.65. The highest BCUT2D eigenvalue weighted by molar-refractivity contribution is 6.30. The molecule has 27 heavy (non-hydrogen) atoms. The number of nitrogens with one attached hydrogen (secondary N) is 1. The maximum Gasteiger partial charge on any atom is 0.226 e. The molecule has 0 spiro atoms. The zero-order chi connectivity index (χ0) is 19.4. The molecule has 0 aliphatic rings. The lowest BCUT2D eigenvalue weighted by molar-refractivity contribution is -0.118. The van der Waals surface area contributed by atoms with Gasteiger partial charge in [0.15, 0.2) is 5.78 Å². The topological polar surface area (TPSA) is 89.8 Å². The third-order valence-electron chi connectivity index (χ3n) is 3.84. The van der Waals surface area contributed by atoms with E-state index in [-0.39, 0.29) is 24.2 Å². The molecular formula is C19H18ClN5O2. The van der Waals surface area contributed by atoms with E-state index in [0.717, 1.165) is 5.56 Å². The molecule has 1 heterocycles. The second-order valence-electron chi connectivity index (χ2n) is 6.29. The van der Waals surface area contributed by atoms with E-state index in [1.165, 1.54) is 4.80 Å². The van der Waals surface area contributed by atoms with Crippen LogP contribution >= 0.6 is 11.6 Å². The fourth-order valence-corrected chi connectivity index (χ4v) is 2.40. The van der Waals surface area contributed by atoms with Crippen LogP contribution in [0.5, 0.6) is 0 Å². The number of hydrogen-bond donors (Lipinski definition) is 1. The molecule has 0 aliphatic heterocycles. The average Bonchev–Trinajstić information content (AvgIpc) is 3.11. The number of benzene rings is 2. The Morgan fingerprint density at radius 2 is 1.74 bits per heavy atom. The number of carbonyl (C=O) groups is 2. The van der Waals surface area contributed by atoms with Crippen LogP contribution in [-0.2, 0) is 11.3 Å². The highest BCUT2D eigenvalue weighted by Crippen LogP contribution is 2.17. The number of hydrogen-bond acceptors (Lipinski definition) is 5. The molecule has 0 unspecified atom stereocenters. The second kappa shape index (κ2) is 8.09. The number of rotatable bonds is 6. The lowest BCUT2D eigenvalue weighted by atomic mass is 10.1. The van der Waals surface area contributed by atoms with Crippen molar-refractivity contribution in [2.75, 3.05) is 5.32 Å². The van der Waals surface area contributed by atoms with Crippen molar-refractivity contribution in [1.29, 1.82) is 0 Å². The number of halogens is 1. The van der Waals surface area contributed by atoms with Crippen LogP contribution in [0, 0.1) is 5.92 Å². The van der Waals surface area contributed by atoms with Gasteiger partial charge in [-0.25, -0.2) is 0 Å². The fourth-order valence-electron chi connectivity index (χ4n) is 2.27. The van der Waals surface area contributed by atoms with Crippen LogP contribution in [0.1, 0.15) is 24.2 Å². The lowest BCUT2D eigenvalue weighted by Crippen LogP contribution is -2.18. The van der Waals surface area contributed by atoms with E-state index in [0.29, 0.717) is 22.1 Å². The highest BCUT2D eigenvalue weighted by atomic mass is 35.5. The van der Waals surface area contributed by atoms with Gasteiger partial charge in [-0.1, -0.05) is 25.4 Å². The Morgan fingerprint density at radius 1 is 1.07 bits per heavy atom. The standard InChI is InChI=1S/C19H18ClN5O2/c1-12(2)19(27)21-16-9-5-13(6-10-16)17(26)11-25-23-18(22-24-25)14-3-7-15(20)8-4-14/h3-10,12H,11H2,1-2H3,(H,21,27). The van der Waals surface area contributed by atoms with Crippen molar-refractivity contribution in [2.45, 2.75) is 20.4 Å². The molecule has 0 fully saturated rings. The molecule has 0 saturated carbocycles. The number of carbonyl (C=O) groups excluding carboxylic acids is 2. The van der Waals surface area contributed by atoms with Gasteiger partial charge in [0.1, 0.15) is 6.54 Å². The molecule has 7 nitrogen and oxygen atoms in total. The second-order valence-corrected chi connectivity index (χ2v) is 6.73. The van der Waals surface area contributed by atoms with E-state index in [2.05, 4.69) is 20.7 Å². The predicted octanol–water partition coefficient (Wildman–Crippen LogP) is 3.47. The molecule has 0 atom stereocenters. The van der Waals surface area contributed by atoms with Gasteiger partial charge in [0.05, 0.1) is 0 Å². The van der Waals surface area contributed by atoms with Gasteiger partial charge in [-0.15, -0.1) is 10.2 Å². The summed E-state index contributed by atoms with van der Waals surface area (Å²) in [6.07, 6.45) is 0. The molecule has 8 heteroatoms. The van der Waals surface area contributed by atoms with Crippen molar-refractivity contribution in [3.8, 4) is 11.4 Å². The van der Waals surface area contributed by atoms with E-state index in [1.54, 1.807) is 48.5 Å². The monoisotopic (exact) mass is 383 g/mol. The van der Waals surface area contributed by atoms with Crippen molar-refractivity contribution in [1.82, 2.24) is 20.2 Å². The van der Waals surface area contributed by atoms with Gasteiger partial charge in [-0.2, -0.15) is 4.80 Å². The zero-order valence-corrected chi connectivity index (χ0v) is 15.6. The molecule has 138 valence electrons. The maximum atomic E-state index is 12.4. The van der Waals surface area contributed by atoms with Crippen LogP contribution in [0.15, 0.2) is 48.5 Å². The van der Waals surface area contributed by atoms with Crippen LogP contribution in [-0.4, -0.2) is 31.9 Å². The molecule has 1 aromatic heterocycles. The number of aromatic nitrogens is 4. The summed E-state index contributed by atoms with van der Waals surface area (Å²) in [6, 6.07) is 13.8. The normalized spacial score (nSPS) is 10.8. The van der Waals surface area contributed by atoms with Crippen molar-refractivity contribution < 1.29 is 9.59 Å². The predicted molar refractivity (Wildman–Crippen MR) is 103 cm³/mol. The summed E-state index contributed by atoms with van der Waals surface area (Å²) in [5.41, 5.74) is 1.92. The molecule has 3 rings (SSSR count). The third kappa shape index (κ3) is 4.77. The van der Waals surface area contributed by atoms with Crippen LogP contribution in [0.2, 0.25) is 5.02 Å². The maximum absolute atomic E-state index is 12.4. The molecular weight excluding hydrogens is 366 g/mol. The van der Waals surface area contributed by atoms with E-state index in [4.69, 9.17) is 11.6 Å². The van der Waals surface area contributed by atoms with E-state index < -0.39 is 0 Å². The summed E-state index contributed by atoms with van der Waals surface area (Å²) < 4.78 is 0. The molecule has 0 saturated heterocycles. The summed E-state index contributed by atoms with van der Waals surface area (Å²) in [7, 11) is 0. The Hall–Kier alpha value is -3.06. The smallest absolute Gasteiger partial charge is 0.226 e. The minimum atomic E-state index is -0.156. The molecule has 1 amide bonds. The SMILES string of the molecule is CC(C)C(=O)Nc1ccc(C(=O)Cn2nnc(-c3ccc(Cl)cc3)n2)cc1. The minimum absolute atomic E-state index is 0.0295. The Bertz CT molecular complexity index is 949. The van der Waals surface area contributed by atoms with Crippen LogP contribution < -0.4 is 5.32 Å².